The van der Waals surface area contributed by atoms with E-state index in [9.17, 15) is 4.79 Å². The highest BCUT2D eigenvalue weighted by molar-refractivity contribution is 7.98. The fraction of sp³-hybridized carbons (Fsp3) is 0.440. The molecule has 0 aliphatic rings. The lowest BCUT2D eigenvalue weighted by Crippen LogP contribution is -2.38. The maximum atomic E-state index is 13.5. The Balaban J connectivity index is 1.85. The van der Waals surface area contributed by atoms with Crippen molar-refractivity contribution in [2.45, 2.75) is 38.5 Å². The molecule has 0 radical (unpaired) electrons. The zero-order valence-corrected chi connectivity index (χ0v) is 21.1. The Hall–Kier alpha value is -2.09. The summed E-state index contributed by atoms with van der Waals surface area (Å²) in [6.45, 7) is 10.5. The number of benzene rings is 2. The third-order valence-corrected chi connectivity index (χ3v) is 7.23. The molecule has 1 amide bonds. The van der Waals surface area contributed by atoms with Crippen LogP contribution in [0.3, 0.4) is 0 Å². The summed E-state index contributed by atoms with van der Waals surface area (Å²) >= 11 is 3.29. The van der Waals surface area contributed by atoms with Crippen molar-refractivity contribution in [1.82, 2.24) is 9.88 Å². The lowest BCUT2D eigenvalue weighted by atomic mass is 10.2. The van der Waals surface area contributed by atoms with E-state index in [1.54, 1.807) is 23.1 Å². The molecule has 0 saturated heterocycles. The Labute approximate surface area is 199 Å². The number of unbranched alkanes of at least 4 members (excludes halogenated alkanes) is 1. The number of nitrogens with zero attached hydrogens (tertiary/aromatic N) is 3. The highest BCUT2D eigenvalue weighted by atomic mass is 32.2. The highest BCUT2D eigenvalue weighted by Gasteiger charge is 2.22. The third-order valence-electron chi connectivity index (χ3n) is 5.46. The Kier molecular flexibility index (Phi) is 9.38. The van der Waals surface area contributed by atoms with E-state index in [0.29, 0.717) is 18.7 Å². The molecule has 0 spiro atoms. The van der Waals surface area contributed by atoms with Crippen molar-refractivity contribution >= 4 is 44.4 Å². The van der Waals surface area contributed by atoms with Gasteiger partial charge in [0.1, 0.15) is 5.75 Å². The van der Waals surface area contributed by atoms with Gasteiger partial charge in [-0.15, -0.1) is 11.8 Å². The van der Waals surface area contributed by atoms with Gasteiger partial charge in [0.2, 0.25) is 0 Å². The zero-order chi connectivity index (χ0) is 22.9. The van der Waals surface area contributed by atoms with Gasteiger partial charge in [0, 0.05) is 23.5 Å². The fourth-order valence-electron chi connectivity index (χ4n) is 3.38. The fourth-order valence-corrected chi connectivity index (χ4v) is 4.93. The molecule has 5 nitrogen and oxygen atoms in total. The van der Waals surface area contributed by atoms with Gasteiger partial charge in [0.15, 0.2) is 5.13 Å². The number of amides is 1. The molecule has 2 aromatic carbocycles. The van der Waals surface area contributed by atoms with E-state index < -0.39 is 0 Å². The number of rotatable bonds is 12. The summed E-state index contributed by atoms with van der Waals surface area (Å²) in [5.74, 6) is 0.774. The molecule has 32 heavy (non-hydrogen) atoms. The molecule has 0 unspecified atom stereocenters. The predicted octanol–water partition coefficient (Wildman–Crippen LogP) is 6.19. The second kappa shape index (κ2) is 12.2. The average Bonchev–Trinajstić information content (AvgIpc) is 3.25. The third kappa shape index (κ3) is 6.24. The molecule has 0 saturated carbocycles. The maximum Gasteiger partial charge on any atom is 0.260 e. The quantitative estimate of drug-likeness (QED) is 0.233. The number of thioether (sulfide) groups is 1. The van der Waals surface area contributed by atoms with Crippen molar-refractivity contribution < 1.29 is 9.53 Å². The molecule has 1 heterocycles. The molecule has 172 valence electrons. The number of carbonyl (C=O) groups excluding carboxylic acids is 1. The number of hydrogen-bond acceptors (Lipinski definition) is 6. The number of anilines is 1. The van der Waals surface area contributed by atoms with Gasteiger partial charge in [-0.2, -0.15) is 0 Å². The van der Waals surface area contributed by atoms with Crippen LogP contribution >= 0.6 is 23.1 Å². The van der Waals surface area contributed by atoms with Crippen LogP contribution in [0.4, 0.5) is 5.13 Å². The first kappa shape index (κ1) is 24.6. The van der Waals surface area contributed by atoms with Crippen molar-refractivity contribution in [2.75, 3.05) is 43.9 Å². The number of likely N-dealkylation sites (N-methyl/N-ethyl adjacent to an activating group) is 1. The first-order valence-corrected chi connectivity index (χ1v) is 13.3. The van der Waals surface area contributed by atoms with Gasteiger partial charge in [0.05, 0.1) is 16.8 Å². The van der Waals surface area contributed by atoms with Crippen molar-refractivity contribution in [2.24, 2.45) is 0 Å². The van der Waals surface area contributed by atoms with E-state index in [0.717, 1.165) is 53.6 Å². The lowest BCUT2D eigenvalue weighted by Gasteiger charge is -2.24. The smallest absolute Gasteiger partial charge is 0.260 e. The van der Waals surface area contributed by atoms with Crippen LogP contribution in [0.1, 0.15) is 44.0 Å². The molecule has 0 fully saturated rings. The van der Waals surface area contributed by atoms with Crippen molar-refractivity contribution in [3.05, 3.63) is 48.0 Å². The van der Waals surface area contributed by atoms with Crippen LogP contribution < -0.4 is 9.64 Å². The summed E-state index contributed by atoms with van der Waals surface area (Å²) in [5.41, 5.74) is 1.58. The van der Waals surface area contributed by atoms with Crippen LogP contribution in [-0.4, -0.2) is 54.8 Å². The van der Waals surface area contributed by atoms with E-state index in [-0.39, 0.29) is 5.91 Å². The monoisotopic (exact) mass is 471 g/mol. The molecule has 3 aromatic rings. The van der Waals surface area contributed by atoms with Gasteiger partial charge in [-0.25, -0.2) is 4.98 Å². The molecular formula is C25H33N3O2S2. The van der Waals surface area contributed by atoms with Gasteiger partial charge in [-0.05, 0) is 68.2 Å². The number of aromatic nitrogens is 1. The number of hydrogen-bond donors (Lipinski definition) is 0. The van der Waals surface area contributed by atoms with Gasteiger partial charge >= 0.3 is 0 Å². The number of carbonyl (C=O) groups is 1. The first-order chi connectivity index (χ1) is 15.6. The molecule has 3 rings (SSSR count). The minimum absolute atomic E-state index is 0.0265. The van der Waals surface area contributed by atoms with E-state index >= 15 is 0 Å². The van der Waals surface area contributed by atoms with E-state index in [4.69, 9.17) is 9.72 Å². The van der Waals surface area contributed by atoms with Crippen molar-refractivity contribution in [3.8, 4) is 5.75 Å². The van der Waals surface area contributed by atoms with Gasteiger partial charge in [-0.1, -0.05) is 38.5 Å². The van der Waals surface area contributed by atoms with Crippen LogP contribution in [0.15, 0.2) is 47.4 Å². The van der Waals surface area contributed by atoms with Crippen LogP contribution in [0.5, 0.6) is 5.75 Å². The number of thiazole rings is 1. The molecule has 0 bridgehead atoms. The van der Waals surface area contributed by atoms with Crippen LogP contribution in [0.2, 0.25) is 0 Å². The van der Waals surface area contributed by atoms with Crippen LogP contribution in [0.25, 0.3) is 10.2 Å². The predicted molar refractivity (Wildman–Crippen MR) is 138 cm³/mol. The number of ether oxygens (including phenoxy) is 1. The first-order valence-electron chi connectivity index (χ1n) is 11.3. The Morgan fingerprint density at radius 2 is 1.81 bits per heavy atom. The Bertz CT molecular complexity index is 1000. The van der Waals surface area contributed by atoms with Gasteiger partial charge in [-0.3, -0.25) is 9.69 Å². The minimum Gasteiger partial charge on any atom is -0.494 e. The molecule has 0 N–H and O–H groups in total. The summed E-state index contributed by atoms with van der Waals surface area (Å²) in [6.07, 6.45) is 4.19. The van der Waals surface area contributed by atoms with Crippen molar-refractivity contribution in [3.63, 3.8) is 0 Å². The Morgan fingerprint density at radius 3 is 2.47 bits per heavy atom. The molecular weight excluding hydrogens is 438 g/mol. The maximum absolute atomic E-state index is 13.5. The molecule has 0 aliphatic carbocycles. The molecule has 0 atom stereocenters. The summed E-state index contributed by atoms with van der Waals surface area (Å²) in [5, 5.41) is 0.749. The zero-order valence-electron chi connectivity index (χ0n) is 19.5. The van der Waals surface area contributed by atoms with Gasteiger partial charge < -0.3 is 9.64 Å². The largest absolute Gasteiger partial charge is 0.494 e. The lowest BCUT2D eigenvalue weighted by molar-refractivity contribution is 0.0983. The van der Waals surface area contributed by atoms with Crippen LogP contribution in [-0.2, 0) is 0 Å². The summed E-state index contributed by atoms with van der Waals surface area (Å²) in [6, 6.07) is 13.7. The normalized spacial score (nSPS) is 11.3. The average molecular weight is 472 g/mol. The highest BCUT2D eigenvalue weighted by Crippen LogP contribution is 2.32. The summed E-state index contributed by atoms with van der Waals surface area (Å²) < 4.78 is 6.86. The number of fused-ring (bicyclic) bond motifs is 1. The molecule has 0 aliphatic heterocycles. The van der Waals surface area contributed by atoms with E-state index in [1.165, 1.54) is 4.90 Å². The van der Waals surface area contributed by atoms with Crippen molar-refractivity contribution in [1.29, 1.82) is 0 Å². The molecule has 7 heteroatoms. The second-order valence-corrected chi connectivity index (χ2v) is 9.43. The van der Waals surface area contributed by atoms with E-state index in [1.807, 2.05) is 35.2 Å². The van der Waals surface area contributed by atoms with Gasteiger partial charge in [0.25, 0.3) is 5.91 Å². The summed E-state index contributed by atoms with van der Waals surface area (Å²) in [4.78, 5) is 23.7. The Morgan fingerprint density at radius 1 is 1.06 bits per heavy atom. The topological polar surface area (TPSA) is 45.7 Å². The molecule has 1 aromatic heterocycles. The van der Waals surface area contributed by atoms with Crippen LogP contribution in [0, 0.1) is 0 Å². The SMILES string of the molecule is CCCCOc1ccc(C(=O)N(CCN(CC)CC)c2nc3ccc(SC)cc3s2)cc1. The minimum atomic E-state index is -0.0265. The van der Waals surface area contributed by atoms with E-state index in [2.05, 4.69) is 44.1 Å². The standard InChI is InChI=1S/C25H33N3O2S2/c1-5-8-17-30-20-11-9-19(10-12-20)24(29)28(16-15-27(6-2)7-3)25-26-22-14-13-21(31-4)18-23(22)32-25/h9-14,18H,5-8,15-17H2,1-4H3. The summed E-state index contributed by atoms with van der Waals surface area (Å²) in [7, 11) is 0. The second-order valence-electron chi connectivity index (χ2n) is 7.54.